The minimum absolute atomic E-state index is 0.178. The lowest BCUT2D eigenvalue weighted by Crippen LogP contribution is -2.32. The number of pyridine rings is 1. The van der Waals surface area contributed by atoms with Crippen LogP contribution in [0.2, 0.25) is 5.15 Å². The van der Waals surface area contributed by atoms with Gasteiger partial charge in [0, 0.05) is 18.7 Å². The van der Waals surface area contributed by atoms with Crippen molar-refractivity contribution in [2.75, 3.05) is 0 Å². The van der Waals surface area contributed by atoms with Crippen molar-refractivity contribution >= 4 is 27.5 Å². The second-order valence-electron chi connectivity index (χ2n) is 6.47. The fourth-order valence-corrected chi connectivity index (χ4v) is 3.17. The number of hydrogen-bond donors (Lipinski definition) is 1. The quantitative estimate of drug-likeness (QED) is 0.831. The second kappa shape index (κ2) is 6.52. The zero-order valence-corrected chi connectivity index (χ0v) is 15.4. The molecule has 9 heteroatoms. The van der Waals surface area contributed by atoms with E-state index in [0.717, 1.165) is 0 Å². The molecule has 0 fully saturated rings. The molecule has 1 amide bonds. The number of carbonyl (C=O) groups is 1. The molecule has 1 N–H and O–H groups in total. The van der Waals surface area contributed by atoms with Gasteiger partial charge in [-0.2, -0.15) is 5.10 Å². The normalized spacial score (nSPS) is 12.2. The summed E-state index contributed by atoms with van der Waals surface area (Å²) in [5.41, 5.74) is 1.07. The number of hydrogen-bond acceptors (Lipinski definition) is 5. The van der Waals surface area contributed by atoms with Crippen molar-refractivity contribution in [1.82, 2.24) is 19.5 Å². The molecule has 24 heavy (non-hydrogen) atoms. The number of aromatic nitrogens is 3. The summed E-state index contributed by atoms with van der Waals surface area (Å²) in [6, 6.07) is 4.63. The summed E-state index contributed by atoms with van der Waals surface area (Å²) in [4.78, 5) is 16.1. The SMILES string of the molecule is Cn1nc(C(C)(C)C)cc1C(=O)NS(=O)(=O)Cc1ccc(Cl)nc1. The maximum absolute atomic E-state index is 12.3. The Kier molecular flexibility index (Phi) is 5.00. The van der Waals surface area contributed by atoms with E-state index in [1.165, 1.54) is 16.9 Å². The summed E-state index contributed by atoms with van der Waals surface area (Å²) in [6.07, 6.45) is 1.35. The molecule has 7 nitrogen and oxygen atoms in total. The van der Waals surface area contributed by atoms with Gasteiger partial charge < -0.3 is 0 Å². The van der Waals surface area contributed by atoms with Crippen LogP contribution in [0, 0.1) is 0 Å². The topological polar surface area (TPSA) is 94.0 Å². The smallest absolute Gasteiger partial charge is 0.266 e. The van der Waals surface area contributed by atoms with Gasteiger partial charge in [-0.25, -0.2) is 18.1 Å². The van der Waals surface area contributed by atoms with Crippen molar-refractivity contribution < 1.29 is 13.2 Å². The third kappa shape index (κ3) is 4.55. The largest absolute Gasteiger partial charge is 0.282 e. The minimum atomic E-state index is -3.86. The van der Waals surface area contributed by atoms with Crippen LogP contribution in [-0.2, 0) is 28.2 Å². The summed E-state index contributed by atoms with van der Waals surface area (Å²) in [7, 11) is -2.26. The third-order valence-electron chi connectivity index (χ3n) is 3.27. The number of halogens is 1. The highest BCUT2D eigenvalue weighted by Crippen LogP contribution is 2.21. The molecule has 0 atom stereocenters. The summed E-state index contributed by atoms with van der Waals surface area (Å²) in [5, 5.41) is 4.53. The predicted molar refractivity (Wildman–Crippen MR) is 91.2 cm³/mol. The molecule has 2 heterocycles. The van der Waals surface area contributed by atoms with Crippen molar-refractivity contribution in [3.63, 3.8) is 0 Å². The molecule has 0 bridgehead atoms. The van der Waals surface area contributed by atoms with Crippen molar-refractivity contribution in [3.05, 3.63) is 46.5 Å². The van der Waals surface area contributed by atoms with E-state index in [1.807, 2.05) is 20.8 Å². The van der Waals surface area contributed by atoms with Crippen LogP contribution in [0.4, 0.5) is 0 Å². The highest BCUT2D eigenvalue weighted by atomic mass is 35.5. The molecule has 2 aromatic rings. The van der Waals surface area contributed by atoms with E-state index < -0.39 is 15.9 Å². The molecule has 0 aromatic carbocycles. The first kappa shape index (κ1) is 18.4. The van der Waals surface area contributed by atoms with Gasteiger partial charge in [-0.15, -0.1) is 0 Å². The van der Waals surface area contributed by atoms with E-state index in [0.29, 0.717) is 11.3 Å². The lowest BCUT2D eigenvalue weighted by molar-refractivity contribution is 0.0972. The molecule has 0 unspecified atom stereocenters. The molecule has 0 saturated heterocycles. The van der Waals surface area contributed by atoms with Crippen LogP contribution in [0.25, 0.3) is 0 Å². The van der Waals surface area contributed by atoms with Gasteiger partial charge in [-0.1, -0.05) is 38.4 Å². The summed E-state index contributed by atoms with van der Waals surface area (Å²) >= 11 is 5.66. The van der Waals surface area contributed by atoms with Crippen LogP contribution in [0.5, 0.6) is 0 Å². The van der Waals surface area contributed by atoms with Crippen LogP contribution >= 0.6 is 11.6 Å². The zero-order valence-electron chi connectivity index (χ0n) is 13.9. The van der Waals surface area contributed by atoms with Crippen molar-refractivity contribution in [2.24, 2.45) is 7.05 Å². The standard InChI is InChI=1S/C15H19ClN4O3S/c1-15(2,3)12-7-11(20(4)18-12)14(21)19-24(22,23)9-10-5-6-13(16)17-8-10/h5-8H,9H2,1-4H3,(H,19,21). The highest BCUT2D eigenvalue weighted by molar-refractivity contribution is 7.89. The van der Waals surface area contributed by atoms with E-state index in [2.05, 4.69) is 14.8 Å². The maximum atomic E-state index is 12.3. The lowest BCUT2D eigenvalue weighted by Gasteiger charge is -2.13. The number of sulfonamides is 1. The van der Waals surface area contributed by atoms with Crippen LogP contribution < -0.4 is 4.72 Å². The molecular formula is C15H19ClN4O3S. The third-order valence-corrected chi connectivity index (χ3v) is 4.71. The predicted octanol–water partition coefficient (Wildman–Crippen LogP) is 2.03. The van der Waals surface area contributed by atoms with Gasteiger partial charge in [0.25, 0.3) is 5.91 Å². The fourth-order valence-electron chi connectivity index (χ4n) is 1.99. The van der Waals surface area contributed by atoms with Gasteiger partial charge in [-0.05, 0) is 17.7 Å². The molecule has 0 aliphatic heterocycles. The van der Waals surface area contributed by atoms with Crippen LogP contribution in [0.3, 0.4) is 0 Å². The van der Waals surface area contributed by atoms with E-state index >= 15 is 0 Å². The molecule has 2 aromatic heterocycles. The summed E-state index contributed by atoms with van der Waals surface area (Å²) in [6.45, 7) is 5.88. The molecule has 0 aliphatic rings. The summed E-state index contributed by atoms with van der Waals surface area (Å²) in [5.74, 6) is -1.09. The number of rotatable bonds is 4. The van der Waals surface area contributed by atoms with Gasteiger partial charge in [0.15, 0.2) is 0 Å². The van der Waals surface area contributed by atoms with Gasteiger partial charge in [0.1, 0.15) is 10.8 Å². The molecular weight excluding hydrogens is 352 g/mol. The molecule has 0 spiro atoms. The van der Waals surface area contributed by atoms with Crippen molar-refractivity contribution in [2.45, 2.75) is 31.9 Å². The Morgan fingerprint density at radius 3 is 2.50 bits per heavy atom. The first-order valence-electron chi connectivity index (χ1n) is 7.18. The van der Waals surface area contributed by atoms with Crippen molar-refractivity contribution in [3.8, 4) is 0 Å². The first-order valence-corrected chi connectivity index (χ1v) is 9.21. The molecule has 0 radical (unpaired) electrons. The Morgan fingerprint density at radius 2 is 2.00 bits per heavy atom. The number of aryl methyl sites for hydroxylation is 1. The van der Waals surface area contributed by atoms with Gasteiger partial charge >= 0.3 is 0 Å². The number of carbonyl (C=O) groups excluding carboxylic acids is 1. The minimum Gasteiger partial charge on any atom is -0.266 e. The number of amides is 1. The number of nitrogens with one attached hydrogen (secondary N) is 1. The maximum Gasteiger partial charge on any atom is 0.282 e. The van der Waals surface area contributed by atoms with Gasteiger partial charge in [-0.3, -0.25) is 9.48 Å². The zero-order chi connectivity index (χ0) is 18.1. The van der Waals surface area contributed by atoms with E-state index in [-0.39, 0.29) is 22.0 Å². The van der Waals surface area contributed by atoms with Gasteiger partial charge in [0.05, 0.1) is 11.4 Å². The Morgan fingerprint density at radius 1 is 1.33 bits per heavy atom. The van der Waals surface area contributed by atoms with Crippen LogP contribution in [-0.4, -0.2) is 29.1 Å². The van der Waals surface area contributed by atoms with Crippen LogP contribution in [0.15, 0.2) is 24.4 Å². The molecule has 130 valence electrons. The average Bonchev–Trinajstić information content (AvgIpc) is 2.83. The Labute approximate surface area is 146 Å². The second-order valence-corrected chi connectivity index (χ2v) is 8.58. The number of nitrogens with zero attached hydrogens (tertiary/aromatic N) is 3. The van der Waals surface area contributed by atoms with Gasteiger partial charge in [0.2, 0.25) is 10.0 Å². The molecule has 2 rings (SSSR count). The average molecular weight is 371 g/mol. The monoisotopic (exact) mass is 370 g/mol. The van der Waals surface area contributed by atoms with Crippen molar-refractivity contribution in [1.29, 1.82) is 0 Å². The van der Waals surface area contributed by atoms with Crippen LogP contribution in [0.1, 0.15) is 42.5 Å². The Hall–Kier alpha value is -1.93. The van der Waals surface area contributed by atoms with E-state index in [9.17, 15) is 13.2 Å². The fraction of sp³-hybridized carbons (Fsp3) is 0.400. The lowest BCUT2D eigenvalue weighted by atomic mass is 9.92. The summed E-state index contributed by atoms with van der Waals surface area (Å²) < 4.78 is 27.7. The molecule has 0 aliphatic carbocycles. The highest BCUT2D eigenvalue weighted by Gasteiger charge is 2.24. The first-order chi connectivity index (χ1) is 11.0. The van der Waals surface area contributed by atoms with E-state index in [4.69, 9.17) is 11.6 Å². The van der Waals surface area contributed by atoms with E-state index in [1.54, 1.807) is 19.2 Å². The molecule has 0 saturated carbocycles. The Bertz CT molecular complexity index is 852. The Balaban J connectivity index is 2.16.